The number of hydrogen-bond acceptors (Lipinski definition) is 4. The molecule has 0 atom stereocenters. The van der Waals surface area contributed by atoms with E-state index in [9.17, 15) is 13.5 Å². The average Bonchev–Trinajstić information content (AvgIpc) is 3.23. The van der Waals surface area contributed by atoms with Gasteiger partial charge in [-0.05, 0) is 38.9 Å². The maximum atomic E-state index is 12.8. The minimum Gasteiger partial charge on any atom is -0.390 e. The molecule has 1 aliphatic carbocycles. The van der Waals surface area contributed by atoms with E-state index in [1.54, 1.807) is 16.6 Å². The molecule has 1 N–H and O–H groups in total. The molecule has 2 fully saturated rings. The summed E-state index contributed by atoms with van der Waals surface area (Å²) in [7, 11) is -1.43. The summed E-state index contributed by atoms with van der Waals surface area (Å²) in [6.45, 7) is 2.67. The second kappa shape index (κ2) is 5.72. The number of hydrogen-bond donors (Lipinski definition) is 1. The highest BCUT2D eigenvalue weighted by molar-refractivity contribution is 7.89. The predicted molar refractivity (Wildman–Crippen MR) is 79.5 cm³/mol. The van der Waals surface area contributed by atoms with Crippen molar-refractivity contribution in [2.45, 2.75) is 36.8 Å². The summed E-state index contributed by atoms with van der Waals surface area (Å²) >= 11 is 0. The van der Waals surface area contributed by atoms with E-state index in [2.05, 4.69) is 4.90 Å². The molecule has 1 aromatic heterocycles. The molecule has 2 heterocycles. The Bertz CT molecular complexity index is 607. The smallest absolute Gasteiger partial charge is 0.244 e. The number of nitrogens with zero attached hydrogens (tertiary/aromatic N) is 3. The van der Waals surface area contributed by atoms with Gasteiger partial charge in [0.2, 0.25) is 10.0 Å². The van der Waals surface area contributed by atoms with Gasteiger partial charge in [0, 0.05) is 37.6 Å². The Morgan fingerprint density at radius 1 is 1.24 bits per heavy atom. The van der Waals surface area contributed by atoms with Crippen molar-refractivity contribution >= 4 is 10.0 Å². The summed E-state index contributed by atoms with van der Waals surface area (Å²) in [5, 5.41) is 9.43. The van der Waals surface area contributed by atoms with Crippen molar-refractivity contribution in [2.24, 2.45) is 0 Å². The van der Waals surface area contributed by atoms with Crippen LogP contribution in [0.5, 0.6) is 0 Å². The van der Waals surface area contributed by atoms with Gasteiger partial charge in [-0.2, -0.15) is 4.31 Å². The van der Waals surface area contributed by atoms with Gasteiger partial charge in [-0.1, -0.05) is 0 Å². The quantitative estimate of drug-likeness (QED) is 0.886. The average molecular weight is 313 g/mol. The molecule has 7 heteroatoms. The van der Waals surface area contributed by atoms with E-state index in [-0.39, 0.29) is 6.61 Å². The van der Waals surface area contributed by atoms with Gasteiger partial charge in [-0.3, -0.25) is 0 Å². The van der Waals surface area contributed by atoms with Crippen LogP contribution in [-0.4, -0.2) is 60.5 Å². The SMILES string of the molecule is CN1CCCN(S(=O)(=O)c2cc(CO)n(C3CC3)c2)CC1. The molecule has 0 bridgehead atoms. The largest absolute Gasteiger partial charge is 0.390 e. The number of rotatable bonds is 4. The second-order valence-corrected chi connectivity index (χ2v) is 7.96. The number of aliphatic hydroxyl groups is 1. The van der Waals surface area contributed by atoms with E-state index >= 15 is 0 Å². The lowest BCUT2D eigenvalue weighted by Gasteiger charge is -2.19. The standard InChI is InChI=1S/C14H23N3O3S/c1-15-5-2-6-16(8-7-15)21(19,20)14-9-13(11-18)17(10-14)12-3-4-12/h9-10,12,18H,2-8,11H2,1H3. The minimum atomic E-state index is -3.45. The number of likely N-dealkylation sites (N-methyl/N-ethyl adjacent to an activating group) is 1. The molecule has 3 rings (SSSR count). The fourth-order valence-electron chi connectivity index (χ4n) is 2.87. The van der Waals surface area contributed by atoms with Gasteiger partial charge in [0.25, 0.3) is 0 Å². The molecule has 118 valence electrons. The van der Waals surface area contributed by atoms with Gasteiger partial charge in [0.15, 0.2) is 0 Å². The third-order valence-corrected chi connectivity index (χ3v) is 6.19. The second-order valence-electron chi connectivity index (χ2n) is 6.02. The van der Waals surface area contributed by atoms with Gasteiger partial charge in [-0.25, -0.2) is 8.42 Å². The highest BCUT2D eigenvalue weighted by Gasteiger charge is 2.31. The maximum Gasteiger partial charge on any atom is 0.244 e. The van der Waals surface area contributed by atoms with E-state index in [4.69, 9.17) is 0 Å². The molecular weight excluding hydrogens is 290 g/mol. The first kappa shape index (κ1) is 15.0. The van der Waals surface area contributed by atoms with E-state index in [0.717, 1.165) is 32.4 Å². The molecule has 0 radical (unpaired) electrons. The van der Waals surface area contributed by atoms with Crippen LogP contribution >= 0.6 is 0 Å². The molecule has 2 aliphatic rings. The molecule has 0 aromatic carbocycles. The Morgan fingerprint density at radius 3 is 2.67 bits per heavy atom. The Kier molecular flexibility index (Phi) is 4.09. The molecule has 1 saturated carbocycles. The van der Waals surface area contributed by atoms with Crippen molar-refractivity contribution < 1.29 is 13.5 Å². The Labute approximate surface area is 126 Å². The van der Waals surface area contributed by atoms with E-state index < -0.39 is 10.0 Å². The molecule has 0 spiro atoms. The van der Waals surface area contributed by atoms with E-state index in [1.165, 1.54) is 0 Å². The molecule has 1 aromatic rings. The zero-order valence-corrected chi connectivity index (χ0v) is 13.2. The van der Waals surface area contributed by atoms with Crippen molar-refractivity contribution in [3.63, 3.8) is 0 Å². The molecule has 0 unspecified atom stereocenters. The van der Waals surface area contributed by atoms with Crippen LogP contribution in [0.3, 0.4) is 0 Å². The fourth-order valence-corrected chi connectivity index (χ4v) is 4.39. The third-order valence-electron chi connectivity index (χ3n) is 4.33. The number of sulfonamides is 1. The van der Waals surface area contributed by atoms with Crippen molar-refractivity contribution in [3.05, 3.63) is 18.0 Å². The molecule has 6 nitrogen and oxygen atoms in total. The van der Waals surface area contributed by atoms with Crippen LogP contribution < -0.4 is 0 Å². The number of aromatic nitrogens is 1. The molecule has 0 amide bonds. The van der Waals surface area contributed by atoms with Gasteiger partial charge < -0.3 is 14.6 Å². The van der Waals surface area contributed by atoms with Crippen molar-refractivity contribution in [3.8, 4) is 0 Å². The van der Waals surface area contributed by atoms with Crippen molar-refractivity contribution in [1.82, 2.24) is 13.8 Å². The molecule has 1 aliphatic heterocycles. The monoisotopic (exact) mass is 313 g/mol. The normalized spacial score (nSPS) is 22.4. The summed E-state index contributed by atoms with van der Waals surface area (Å²) in [5.74, 6) is 0. The maximum absolute atomic E-state index is 12.8. The lowest BCUT2D eigenvalue weighted by molar-refractivity contribution is 0.270. The zero-order valence-electron chi connectivity index (χ0n) is 12.4. The van der Waals surface area contributed by atoms with Crippen LogP contribution in [0.4, 0.5) is 0 Å². The van der Waals surface area contributed by atoms with Gasteiger partial charge >= 0.3 is 0 Å². The summed E-state index contributed by atoms with van der Waals surface area (Å²) in [6.07, 6.45) is 4.68. The van der Waals surface area contributed by atoms with Crippen LogP contribution in [0.2, 0.25) is 0 Å². The van der Waals surface area contributed by atoms with Crippen LogP contribution in [-0.2, 0) is 16.6 Å². The summed E-state index contributed by atoms with van der Waals surface area (Å²) in [4.78, 5) is 2.48. The first-order chi connectivity index (χ1) is 10.0. The third kappa shape index (κ3) is 3.01. The first-order valence-electron chi connectivity index (χ1n) is 7.52. The predicted octanol–water partition coefficient (Wildman–Crippen LogP) is 0.641. The molecule has 1 saturated heterocycles. The Balaban J connectivity index is 1.87. The fraction of sp³-hybridized carbons (Fsp3) is 0.714. The van der Waals surface area contributed by atoms with Gasteiger partial charge in [0.05, 0.1) is 6.61 Å². The highest BCUT2D eigenvalue weighted by Crippen LogP contribution is 2.37. The minimum absolute atomic E-state index is 0.116. The van der Waals surface area contributed by atoms with Crippen LogP contribution in [0.15, 0.2) is 17.2 Å². The number of aliphatic hydroxyl groups excluding tert-OH is 1. The summed E-state index contributed by atoms with van der Waals surface area (Å²) in [6, 6.07) is 1.99. The topological polar surface area (TPSA) is 65.8 Å². The van der Waals surface area contributed by atoms with Crippen LogP contribution in [0.1, 0.15) is 31.0 Å². The summed E-state index contributed by atoms with van der Waals surface area (Å²) in [5.41, 5.74) is 0.697. The first-order valence-corrected chi connectivity index (χ1v) is 8.96. The lowest BCUT2D eigenvalue weighted by Crippen LogP contribution is -2.34. The lowest BCUT2D eigenvalue weighted by atomic mass is 10.4. The van der Waals surface area contributed by atoms with Gasteiger partial charge in [-0.15, -0.1) is 0 Å². The van der Waals surface area contributed by atoms with E-state index in [1.807, 2.05) is 11.6 Å². The molecular formula is C14H23N3O3S. The van der Waals surface area contributed by atoms with Crippen LogP contribution in [0.25, 0.3) is 0 Å². The zero-order chi connectivity index (χ0) is 15.0. The molecule has 21 heavy (non-hydrogen) atoms. The van der Waals surface area contributed by atoms with Gasteiger partial charge in [0.1, 0.15) is 4.90 Å². The van der Waals surface area contributed by atoms with Crippen LogP contribution in [0, 0.1) is 0 Å². The Morgan fingerprint density at radius 2 is 2.00 bits per heavy atom. The Hall–Kier alpha value is -0.890. The van der Waals surface area contributed by atoms with Crippen molar-refractivity contribution in [1.29, 1.82) is 0 Å². The summed E-state index contributed by atoms with van der Waals surface area (Å²) < 4.78 is 29.1. The van der Waals surface area contributed by atoms with Crippen molar-refractivity contribution in [2.75, 3.05) is 33.2 Å². The highest BCUT2D eigenvalue weighted by atomic mass is 32.2. The van der Waals surface area contributed by atoms with E-state index in [0.29, 0.717) is 29.7 Å².